The quantitative estimate of drug-likeness (QED) is 0.752. The molecule has 2 N–H and O–H groups in total. The van der Waals surface area contributed by atoms with Gasteiger partial charge in [-0.25, -0.2) is 9.59 Å². The maximum Gasteiger partial charge on any atom is 1.00 e. The number of benzene rings is 2. The molecule has 0 saturated carbocycles. The predicted molar refractivity (Wildman–Crippen MR) is 115 cm³/mol. The average Bonchev–Trinajstić information content (AvgIpc) is 2.81. The first-order valence-corrected chi connectivity index (χ1v) is 10.3. The van der Waals surface area contributed by atoms with Crippen LogP contribution in [-0.2, 0) is 22.7 Å². The van der Waals surface area contributed by atoms with Crippen molar-refractivity contribution in [2.24, 2.45) is 5.73 Å². The van der Waals surface area contributed by atoms with Crippen LogP contribution in [0.15, 0.2) is 60.7 Å². The van der Waals surface area contributed by atoms with Crippen molar-refractivity contribution in [2.45, 2.75) is 32.1 Å². The summed E-state index contributed by atoms with van der Waals surface area (Å²) in [5.74, 6) is 0. The maximum absolute atomic E-state index is 12.6. The zero-order valence-electron chi connectivity index (χ0n) is 18.1. The largest absolute Gasteiger partial charge is 1.00 e. The Kier molecular flexibility index (Phi) is 8.09. The van der Waals surface area contributed by atoms with Crippen LogP contribution in [0.5, 0.6) is 0 Å². The maximum atomic E-state index is 12.6. The number of ether oxygens (including phenoxy) is 2. The molecule has 0 aliphatic carbocycles. The zero-order valence-corrected chi connectivity index (χ0v) is 17.1. The molecule has 1 aliphatic heterocycles. The molecule has 2 aromatic rings. The second kappa shape index (κ2) is 11.2. The second-order valence-electron chi connectivity index (χ2n) is 7.28. The third kappa shape index (κ3) is 6.22. The number of piperidine rings is 1. The summed E-state index contributed by atoms with van der Waals surface area (Å²) in [5, 5.41) is 0. The van der Waals surface area contributed by atoms with E-state index < -0.39 is 0 Å². The van der Waals surface area contributed by atoms with Gasteiger partial charge in [-0.05, 0) is 24.0 Å². The average molecular weight is 413 g/mol. The number of nitrogens with two attached hydrogens (primary N) is 1. The molecule has 0 spiro atoms. The van der Waals surface area contributed by atoms with Crippen LogP contribution in [0.25, 0.3) is 0 Å². The highest BCUT2D eigenvalue weighted by molar-refractivity contribution is 5.69. The van der Waals surface area contributed by atoms with Crippen LogP contribution in [0.3, 0.4) is 0 Å². The van der Waals surface area contributed by atoms with Gasteiger partial charge in [0.05, 0.1) is 0 Å². The molecule has 2 aromatic carbocycles. The lowest BCUT2D eigenvalue weighted by atomic mass is 10.0. The van der Waals surface area contributed by atoms with E-state index in [4.69, 9.17) is 15.2 Å². The molecule has 1 aliphatic rings. The molecular weight excluding hydrogens is 382 g/mol. The minimum Gasteiger partial charge on any atom is -0.445 e. The Morgan fingerprint density at radius 2 is 1.47 bits per heavy atom. The third-order valence-electron chi connectivity index (χ3n) is 5.18. The van der Waals surface area contributed by atoms with E-state index in [0.717, 1.165) is 11.1 Å². The topological polar surface area (TPSA) is 85.1 Å². The van der Waals surface area contributed by atoms with Crippen molar-refractivity contribution in [2.75, 3.05) is 26.2 Å². The van der Waals surface area contributed by atoms with Gasteiger partial charge >= 0.3 is 13.6 Å². The van der Waals surface area contributed by atoms with Crippen LogP contribution >= 0.6 is 0 Å². The molecule has 2 amide bonds. The van der Waals surface area contributed by atoms with Crippen molar-refractivity contribution >= 4 is 12.2 Å². The van der Waals surface area contributed by atoms with E-state index in [1.807, 2.05) is 60.7 Å². The smallest absolute Gasteiger partial charge is 0.445 e. The van der Waals surface area contributed by atoms with Crippen LogP contribution in [0.4, 0.5) is 9.59 Å². The molecule has 0 atom stereocenters. The van der Waals surface area contributed by atoms with Gasteiger partial charge in [0.2, 0.25) is 0 Å². The molecule has 7 nitrogen and oxygen atoms in total. The number of nitrogens with zero attached hydrogens (tertiary/aromatic N) is 2. The molecule has 0 aromatic heterocycles. The molecule has 1 heterocycles. The lowest BCUT2D eigenvalue weighted by Crippen LogP contribution is -2.50. The van der Waals surface area contributed by atoms with Gasteiger partial charge in [-0.2, -0.15) is 0 Å². The van der Waals surface area contributed by atoms with Crippen molar-refractivity contribution in [1.82, 2.24) is 9.80 Å². The van der Waals surface area contributed by atoms with Crippen molar-refractivity contribution < 1.29 is 20.5 Å². The first-order valence-electron chi connectivity index (χ1n) is 10.3. The number of carbonyl (C=O) groups is 2. The molecule has 1 saturated heterocycles. The summed E-state index contributed by atoms with van der Waals surface area (Å²) in [7, 11) is 0. The number of likely N-dealkylation sites (tertiary alicyclic amines) is 1. The molecule has 160 valence electrons. The van der Waals surface area contributed by atoms with Crippen LogP contribution < -0.4 is 5.73 Å². The van der Waals surface area contributed by atoms with Gasteiger partial charge in [-0.15, -0.1) is 0 Å². The van der Waals surface area contributed by atoms with Crippen molar-refractivity contribution in [1.29, 1.82) is 0 Å². The van der Waals surface area contributed by atoms with E-state index >= 15 is 0 Å². The number of rotatable bonds is 7. The van der Waals surface area contributed by atoms with E-state index in [1.54, 1.807) is 9.80 Å². The fourth-order valence-corrected chi connectivity index (χ4v) is 3.53. The lowest BCUT2D eigenvalue weighted by molar-refractivity contribution is 0.0528. The molecule has 0 radical (unpaired) electrons. The van der Waals surface area contributed by atoms with Gasteiger partial charge in [-0.3, -0.25) is 0 Å². The SMILES string of the molecule is NCCN(C(=O)OCc1ccccc1)C1CCN(C(=O)OCc2ccccc2)CC1.[H+]. The van der Waals surface area contributed by atoms with Crippen LogP contribution in [-0.4, -0.2) is 54.2 Å². The van der Waals surface area contributed by atoms with E-state index in [0.29, 0.717) is 39.0 Å². The predicted octanol–water partition coefficient (Wildman–Crippen LogP) is 3.50. The van der Waals surface area contributed by atoms with Gasteiger partial charge in [0.1, 0.15) is 13.2 Å². The van der Waals surface area contributed by atoms with Crippen LogP contribution in [0, 0.1) is 0 Å². The zero-order chi connectivity index (χ0) is 21.2. The fourth-order valence-electron chi connectivity index (χ4n) is 3.53. The summed E-state index contributed by atoms with van der Waals surface area (Å²) in [4.78, 5) is 28.3. The summed E-state index contributed by atoms with van der Waals surface area (Å²) in [6.07, 6.45) is 0.644. The Balaban J connectivity index is 0.00000341. The summed E-state index contributed by atoms with van der Waals surface area (Å²) in [6, 6.07) is 19.2. The van der Waals surface area contributed by atoms with Crippen molar-refractivity contribution in [3.05, 3.63) is 71.8 Å². The molecular formula is C23H30N3O4+. The molecule has 3 rings (SSSR count). The van der Waals surface area contributed by atoms with Gasteiger partial charge in [0.25, 0.3) is 0 Å². The van der Waals surface area contributed by atoms with E-state index in [1.165, 1.54) is 0 Å². The number of carbonyl (C=O) groups excluding carboxylic acids is 2. The minimum absolute atomic E-state index is 0. The Morgan fingerprint density at radius 1 is 0.933 bits per heavy atom. The lowest BCUT2D eigenvalue weighted by Gasteiger charge is -2.37. The summed E-state index contributed by atoms with van der Waals surface area (Å²) in [6.45, 7) is 2.34. The van der Waals surface area contributed by atoms with E-state index in [9.17, 15) is 9.59 Å². The first-order chi connectivity index (χ1) is 14.7. The minimum atomic E-state index is -0.366. The fraction of sp³-hybridized carbons (Fsp3) is 0.391. The Hall–Kier alpha value is -3.06. The van der Waals surface area contributed by atoms with Gasteiger partial charge < -0.3 is 25.0 Å². The first kappa shape index (κ1) is 21.6. The molecule has 0 unspecified atom stereocenters. The van der Waals surface area contributed by atoms with E-state index in [-0.39, 0.29) is 32.9 Å². The second-order valence-corrected chi connectivity index (χ2v) is 7.28. The van der Waals surface area contributed by atoms with Crippen LogP contribution in [0.1, 0.15) is 25.4 Å². The van der Waals surface area contributed by atoms with E-state index in [2.05, 4.69) is 0 Å². The molecule has 1 fully saturated rings. The Labute approximate surface area is 178 Å². The Bertz CT molecular complexity index is 799. The van der Waals surface area contributed by atoms with Crippen molar-refractivity contribution in [3.63, 3.8) is 0 Å². The monoisotopic (exact) mass is 412 g/mol. The number of hydrogen-bond donors (Lipinski definition) is 1. The molecule has 0 bridgehead atoms. The van der Waals surface area contributed by atoms with Crippen molar-refractivity contribution in [3.8, 4) is 0 Å². The van der Waals surface area contributed by atoms with Gasteiger partial charge in [0, 0.05) is 32.2 Å². The number of amides is 2. The highest BCUT2D eigenvalue weighted by Gasteiger charge is 2.30. The summed E-state index contributed by atoms with van der Waals surface area (Å²) >= 11 is 0. The van der Waals surface area contributed by atoms with Gasteiger partial charge in [0.15, 0.2) is 0 Å². The Morgan fingerprint density at radius 3 is 2.00 bits per heavy atom. The number of hydrogen-bond acceptors (Lipinski definition) is 5. The standard InChI is InChI=1S/C23H29N3O4/c24-13-16-26(23(28)30-18-20-9-5-2-6-10-20)21-11-14-25(15-12-21)22(27)29-17-19-7-3-1-4-8-19/h1-10,21H,11-18,24H2/p+1. The third-order valence-corrected chi connectivity index (χ3v) is 5.18. The summed E-state index contributed by atoms with van der Waals surface area (Å²) < 4.78 is 10.9. The van der Waals surface area contributed by atoms with Crippen LogP contribution in [0.2, 0.25) is 0 Å². The molecule has 30 heavy (non-hydrogen) atoms. The normalized spacial score (nSPS) is 14.2. The molecule has 7 heteroatoms. The highest BCUT2D eigenvalue weighted by Crippen LogP contribution is 2.19. The highest BCUT2D eigenvalue weighted by atomic mass is 16.6. The summed E-state index contributed by atoms with van der Waals surface area (Å²) in [5.41, 5.74) is 7.61. The van der Waals surface area contributed by atoms with Gasteiger partial charge in [-0.1, -0.05) is 60.7 Å².